The van der Waals surface area contributed by atoms with Crippen LogP contribution < -0.4 is 29.6 Å². The molecule has 2 fully saturated rings. The van der Waals surface area contributed by atoms with Gasteiger partial charge < -0.3 is 14.2 Å². The molecule has 2 aliphatic rings. The Bertz CT molecular complexity index is 904. The molecule has 0 bridgehead atoms. The number of carbonyl (C=O) groups is 6. The Morgan fingerprint density at radius 2 is 1.31 bits per heavy atom. The summed E-state index contributed by atoms with van der Waals surface area (Å²) in [5.74, 6) is -5.83. The smallest absolute Gasteiger partial charge is 0.747 e. The van der Waals surface area contributed by atoms with Gasteiger partial charge in [-0.25, -0.2) is 18.0 Å². The molecule has 0 aromatic rings. The zero-order valence-corrected chi connectivity index (χ0v) is 20.4. The minimum atomic E-state index is -5.04. The number of hydroxylamine groups is 4. The molecule has 32 heavy (non-hydrogen) atoms. The predicted molar refractivity (Wildman–Crippen MR) is 95.5 cm³/mol. The summed E-state index contributed by atoms with van der Waals surface area (Å²) in [5, 5.41) is -1.62. The van der Waals surface area contributed by atoms with E-state index in [1.165, 1.54) is 0 Å². The fourth-order valence-electron chi connectivity index (χ4n) is 2.94. The van der Waals surface area contributed by atoms with Gasteiger partial charge in [0.1, 0.15) is 15.4 Å². The number of imide groups is 2. The molecule has 2 atom stereocenters. The van der Waals surface area contributed by atoms with E-state index in [0.29, 0.717) is 24.3 Å². The molecule has 172 valence electrons. The molecule has 0 spiro atoms. The Morgan fingerprint density at radius 1 is 0.875 bits per heavy atom. The van der Waals surface area contributed by atoms with E-state index in [0.717, 1.165) is 0 Å². The van der Waals surface area contributed by atoms with Crippen LogP contribution in [0.5, 0.6) is 0 Å². The molecular formula is C17H21N2NaO11S. The Morgan fingerprint density at radius 3 is 1.69 bits per heavy atom. The van der Waals surface area contributed by atoms with Crippen LogP contribution in [0.3, 0.4) is 0 Å². The second-order valence-electron chi connectivity index (χ2n) is 7.18. The molecule has 2 aliphatic heterocycles. The normalized spacial score (nSPS) is 21.1. The second kappa shape index (κ2) is 11.8. The molecular weight excluding hydrogens is 463 g/mol. The molecule has 2 saturated heterocycles. The second-order valence-corrected chi connectivity index (χ2v) is 8.74. The Kier molecular flexibility index (Phi) is 10.4. The van der Waals surface area contributed by atoms with E-state index in [4.69, 9.17) is 4.84 Å². The van der Waals surface area contributed by atoms with Crippen molar-refractivity contribution in [2.75, 3.05) is 0 Å². The molecule has 13 nitrogen and oxygen atoms in total. The van der Waals surface area contributed by atoms with E-state index in [2.05, 4.69) is 4.84 Å². The SMILES string of the molecule is CC1CC(=O)N(OC(=O)CCCCCCC(=O)ON2C(=O)CC(S(=O)(=O)[O-])C2=O)C1=O.[Na+]. The molecule has 2 rings (SSSR count). The van der Waals surface area contributed by atoms with Crippen LogP contribution >= 0.6 is 0 Å². The summed E-state index contributed by atoms with van der Waals surface area (Å²) in [7, 11) is -5.04. The number of nitrogens with zero attached hydrogens (tertiary/aromatic N) is 2. The van der Waals surface area contributed by atoms with Crippen molar-refractivity contribution >= 4 is 45.7 Å². The number of hydrogen-bond acceptors (Lipinski definition) is 11. The van der Waals surface area contributed by atoms with Gasteiger partial charge in [-0.2, -0.15) is 0 Å². The van der Waals surface area contributed by atoms with E-state index < -0.39 is 63.3 Å². The van der Waals surface area contributed by atoms with Crippen LogP contribution in [-0.4, -0.2) is 63.9 Å². The summed E-state index contributed by atoms with van der Waals surface area (Å²) < 4.78 is 32.8. The summed E-state index contributed by atoms with van der Waals surface area (Å²) in [6.45, 7) is 1.55. The molecule has 0 aromatic heterocycles. The summed E-state index contributed by atoms with van der Waals surface area (Å²) in [6, 6.07) is 0. The van der Waals surface area contributed by atoms with Crippen LogP contribution in [-0.2, 0) is 48.6 Å². The molecule has 0 saturated carbocycles. The zero-order valence-electron chi connectivity index (χ0n) is 17.6. The van der Waals surface area contributed by atoms with Crippen molar-refractivity contribution in [2.24, 2.45) is 5.92 Å². The summed E-state index contributed by atoms with van der Waals surface area (Å²) in [5.41, 5.74) is 0. The third-order valence-corrected chi connectivity index (χ3v) is 5.70. The largest absolute Gasteiger partial charge is 1.00 e. The minimum absolute atomic E-state index is 0. The molecule has 2 unspecified atom stereocenters. The number of amides is 4. The molecule has 15 heteroatoms. The number of unbranched alkanes of at least 4 members (excludes halogenated alkanes) is 3. The maximum atomic E-state index is 11.7. The van der Waals surface area contributed by atoms with Crippen molar-refractivity contribution in [1.29, 1.82) is 0 Å². The fraction of sp³-hybridized carbons (Fsp3) is 0.647. The average Bonchev–Trinajstić information content (AvgIpc) is 3.08. The molecule has 0 aliphatic carbocycles. The van der Waals surface area contributed by atoms with Crippen LogP contribution in [0, 0.1) is 5.92 Å². The van der Waals surface area contributed by atoms with Crippen LogP contribution in [0.4, 0.5) is 0 Å². The summed E-state index contributed by atoms with van der Waals surface area (Å²) >= 11 is 0. The van der Waals surface area contributed by atoms with Crippen molar-refractivity contribution in [2.45, 2.75) is 63.5 Å². The van der Waals surface area contributed by atoms with Crippen LogP contribution in [0.1, 0.15) is 58.3 Å². The summed E-state index contributed by atoms with van der Waals surface area (Å²) in [4.78, 5) is 79.2. The van der Waals surface area contributed by atoms with Gasteiger partial charge >= 0.3 is 41.5 Å². The minimum Gasteiger partial charge on any atom is -0.747 e. The quantitative estimate of drug-likeness (QED) is 0.129. The average molecular weight is 484 g/mol. The van der Waals surface area contributed by atoms with Crippen molar-refractivity contribution in [1.82, 2.24) is 10.1 Å². The predicted octanol–water partition coefficient (Wildman–Crippen LogP) is -3.68. The Labute approximate surface area is 205 Å². The van der Waals surface area contributed by atoms with Gasteiger partial charge in [-0.1, -0.05) is 19.8 Å². The third-order valence-electron chi connectivity index (χ3n) is 4.64. The van der Waals surface area contributed by atoms with E-state index in [1.54, 1.807) is 6.92 Å². The van der Waals surface area contributed by atoms with Gasteiger partial charge in [-0.05, 0) is 12.8 Å². The number of carbonyl (C=O) groups excluding carboxylic acids is 6. The maximum absolute atomic E-state index is 11.7. The molecule has 2 heterocycles. The first kappa shape index (κ1) is 28.2. The molecule has 0 N–H and O–H groups in total. The van der Waals surface area contributed by atoms with E-state index in [1.807, 2.05) is 0 Å². The summed E-state index contributed by atoms with van der Waals surface area (Å²) in [6.07, 6.45) is 0.507. The van der Waals surface area contributed by atoms with Gasteiger partial charge in [-0.15, -0.1) is 10.1 Å². The third kappa shape index (κ3) is 7.33. The van der Waals surface area contributed by atoms with Crippen molar-refractivity contribution in [3.05, 3.63) is 0 Å². The van der Waals surface area contributed by atoms with E-state index in [9.17, 15) is 41.7 Å². The monoisotopic (exact) mass is 484 g/mol. The van der Waals surface area contributed by atoms with E-state index >= 15 is 0 Å². The molecule has 0 aromatic carbocycles. The zero-order chi connectivity index (χ0) is 23.3. The van der Waals surface area contributed by atoms with Gasteiger partial charge in [0.2, 0.25) is 0 Å². The van der Waals surface area contributed by atoms with Crippen LogP contribution in [0.25, 0.3) is 0 Å². The van der Waals surface area contributed by atoms with Crippen molar-refractivity contribution < 1.29 is 81.0 Å². The van der Waals surface area contributed by atoms with Gasteiger partial charge in [0, 0.05) is 25.2 Å². The molecule has 4 amide bonds. The Balaban J connectivity index is 0.00000512. The van der Waals surface area contributed by atoms with Gasteiger partial charge in [-0.3, -0.25) is 19.2 Å². The van der Waals surface area contributed by atoms with E-state index in [-0.39, 0.29) is 60.3 Å². The first-order valence-corrected chi connectivity index (χ1v) is 11.0. The fourth-order valence-corrected chi connectivity index (χ4v) is 3.63. The Hall–Kier alpha value is -1.87. The van der Waals surface area contributed by atoms with Gasteiger partial charge in [0.25, 0.3) is 23.6 Å². The number of rotatable bonds is 10. The first-order chi connectivity index (χ1) is 14.4. The van der Waals surface area contributed by atoms with Crippen LogP contribution in [0.15, 0.2) is 0 Å². The number of hydrogen-bond donors (Lipinski definition) is 0. The van der Waals surface area contributed by atoms with Crippen molar-refractivity contribution in [3.63, 3.8) is 0 Å². The first-order valence-electron chi connectivity index (χ1n) is 9.51. The van der Waals surface area contributed by atoms with Crippen molar-refractivity contribution in [3.8, 4) is 0 Å². The topological polar surface area (TPSA) is 185 Å². The maximum Gasteiger partial charge on any atom is 1.00 e. The van der Waals surface area contributed by atoms with Gasteiger partial charge in [0.05, 0.1) is 6.42 Å². The standard InChI is InChI=1S/C17H22N2O11S.Na/c1-10-8-12(20)18(16(10)24)29-14(22)6-4-2-3-5-7-15(23)30-19-13(21)9-11(17(19)25)31(26,27)28;/h10-11H,2-9H2,1H3,(H,26,27,28);/q;+1/p-1. The van der Waals surface area contributed by atoms with Gasteiger partial charge in [0.15, 0.2) is 0 Å². The van der Waals surface area contributed by atoms with Crippen LogP contribution in [0.2, 0.25) is 0 Å². The molecule has 0 radical (unpaired) electrons.